The highest BCUT2D eigenvalue weighted by Gasteiger charge is 2.28. The van der Waals surface area contributed by atoms with Gasteiger partial charge >= 0.3 is 5.97 Å². The highest BCUT2D eigenvalue weighted by atomic mass is 19.1. The second-order valence-corrected chi connectivity index (χ2v) is 8.31. The number of aliphatic imine (C=N–C) groups is 1. The van der Waals surface area contributed by atoms with Crippen molar-refractivity contribution in [3.63, 3.8) is 0 Å². The zero-order chi connectivity index (χ0) is 23.3. The van der Waals surface area contributed by atoms with E-state index in [4.69, 9.17) is 4.74 Å². The van der Waals surface area contributed by atoms with Crippen molar-refractivity contribution in [2.24, 2.45) is 4.99 Å². The Morgan fingerprint density at radius 2 is 1.34 bits per heavy atom. The summed E-state index contributed by atoms with van der Waals surface area (Å²) in [6.45, 7) is 5.08. The molecule has 0 radical (unpaired) electrons. The fourth-order valence-electron chi connectivity index (χ4n) is 3.18. The normalized spacial score (nSPS) is 12.2. The maximum atomic E-state index is 14.4. The van der Waals surface area contributed by atoms with Crippen LogP contribution in [0.3, 0.4) is 0 Å². The molecule has 0 aliphatic carbocycles. The first-order valence-electron chi connectivity index (χ1n) is 10.2. The summed E-state index contributed by atoms with van der Waals surface area (Å²) in [4.78, 5) is 17.6. The van der Waals surface area contributed by atoms with Crippen LogP contribution in [0.25, 0.3) is 0 Å². The van der Waals surface area contributed by atoms with Gasteiger partial charge in [-0.3, -0.25) is 4.99 Å². The predicted molar refractivity (Wildman–Crippen MR) is 118 cm³/mol. The number of benzene rings is 3. The van der Waals surface area contributed by atoms with Gasteiger partial charge in [-0.25, -0.2) is 18.0 Å². The summed E-state index contributed by atoms with van der Waals surface area (Å²) in [5.41, 5.74) is 0.681. The first-order valence-corrected chi connectivity index (χ1v) is 10.2. The van der Waals surface area contributed by atoms with Crippen LogP contribution in [0.4, 0.5) is 13.2 Å². The van der Waals surface area contributed by atoms with Gasteiger partial charge in [-0.2, -0.15) is 0 Å². The predicted octanol–water partition coefficient (Wildman–Crippen LogP) is 5.89. The van der Waals surface area contributed by atoms with Crippen molar-refractivity contribution in [2.75, 3.05) is 0 Å². The standard InChI is InChI=1S/C26H24F3NO2/c1-26(2,3)32-25(31)23(16-20-21(28)14-19(27)15-22(20)29)30-24(17-10-6-4-7-11-17)18-12-8-5-9-13-18/h4-15,23H,16H2,1-3H3/t23-/m0/s1. The van der Waals surface area contributed by atoms with E-state index >= 15 is 0 Å². The van der Waals surface area contributed by atoms with Gasteiger partial charge in [0.15, 0.2) is 6.04 Å². The number of hydrogen-bond donors (Lipinski definition) is 0. The number of esters is 1. The fourth-order valence-corrected chi connectivity index (χ4v) is 3.18. The van der Waals surface area contributed by atoms with Crippen LogP contribution in [-0.2, 0) is 16.0 Å². The Hall–Kier alpha value is -3.41. The molecule has 0 N–H and O–H groups in total. The second-order valence-electron chi connectivity index (χ2n) is 8.31. The average molecular weight is 439 g/mol. The van der Waals surface area contributed by atoms with E-state index in [9.17, 15) is 18.0 Å². The Labute approximate surface area is 185 Å². The largest absolute Gasteiger partial charge is 0.458 e. The molecule has 0 amide bonds. The number of carbonyl (C=O) groups is 1. The molecule has 0 aliphatic rings. The summed E-state index contributed by atoms with van der Waals surface area (Å²) < 4.78 is 47.6. The van der Waals surface area contributed by atoms with Crippen molar-refractivity contribution in [3.8, 4) is 0 Å². The number of hydrogen-bond acceptors (Lipinski definition) is 3. The van der Waals surface area contributed by atoms with Crippen molar-refractivity contribution in [1.82, 2.24) is 0 Å². The molecule has 0 aromatic heterocycles. The van der Waals surface area contributed by atoms with E-state index < -0.39 is 47.0 Å². The number of halogens is 3. The second kappa shape index (κ2) is 9.81. The molecule has 0 fully saturated rings. The van der Waals surface area contributed by atoms with Crippen LogP contribution in [0.2, 0.25) is 0 Å². The van der Waals surface area contributed by atoms with Gasteiger partial charge in [0.25, 0.3) is 0 Å². The van der Waals surface area contributed by atoms with Crippen molar-refractivity contribution < 1.29 is 22.7 Å². The van der Waals surface area contributed by atoms with Gasteiger partial charge in [-0.1, -0.05) is 60.7 Å². The van der Waals surface area contributed by atoms with Crippen LogP contribution in [0.1, 0.15) is 37.5 Å². The molecule has 0 unspecified atom stereocenters. The van der Waals surface area contributed by atoms with Gasteiger partial charge < -0.3 is 4.74 Å². The summed E-state index contributed by atoms with van der Waals surface area (Å²) >= 11 is 0. The molecule has 0 saturated heterocycles. The van der Waals surface area contributed by atoms with Crippen molar-refractivity contribution in [2.45, 2.75) is 38.8 Å². The molecule has 32 heavy (non-hydrogen) atoms. The number of nitrogens with zero attached hydrogens (tertiary/aromatic N) is 1. The first kappa shape index (κ1) is 23.3. The number of rotatable bonds is 6. The third-order valence-corrected chi connectivity index (χ3v) is 4.56. The van der Waals surface area contributed by atoms with Crippen molar-refractivity contribution in [3.05, 3.63) is 107 Å². The molecule has 3 nitrogen and oxygen atoms in total. The van der Waals surface area contributed by atoms with Crippen LogP contribution >= 0.6 is 0 Å². The van der Waals surface area contributed by atoms with Gasteiger partial charge in [0, 0.05) is 35.2 Å². The van der Waals surface area contributed by atoms with Crippen LogP contribution in [0, 0.1) is 17.5 Å². The molecule has 166 valence electrons. The van der Waals surface area contributed by atoms with Crippen LogP contribution in [-0.4, -0.2) is 23.3 Å². The van der Waals surface area contributed by atoms with E-state index in [1.54, 1.807) is 20.8 Å². The minimum Gasteiger partial charge on any atom is -0.458 e. The van der Waals surface area contributed by atoms with Crippen LogP contribution in [0.15, 0.2) is 77.8 Å². The van der Waals surface area contributed by atoms with Crippen molar-refractivity contribution >= 4 is 11.7 Å². The summed E-state index contributed by atoms with van der Waals surface area (Å²) in [6.07, 6.45) is -0.421. The Morgan fingerprint density at radius 1 is 0.875 bits per heavy atom. The van der Waals surface area contributed by atoms with Gasteiger partial charge in [-0.15, -0.1) is 0 Å². The molecule has 0 spiro atoms. The maximum Gasteiger partial charge on any atom is 0.331 e. The maximum absolute atomic E-state index is 14.4. The molecular weight excluding hydrogens is 415 g/mol. The molecule has 3 rings (SSSR count). The number of ether oxygens (including phenoxy) is 1. The lowest BCUT2D eigenvalue weighted by Gasteiger charge is -2.23. The highest BCUT2D eigenvalue weighted by Crippen LogP contribution is 2.21. The first-order chi connectivity index (χ1) is 15.1. The van der Waals surface area contributed by atoms with Gasteiger partial charge in [-0.05, 0) is 20.8 Å². The molecule has 0 aliphatic heterocycles. The molecule has 6 heteroatoms. The van der Waals surface area contributed by atoms with E-state index in [0.717, 1.165) is 11.1 Å². The van der Waals surface area contributed by atoms with E-state index in [1.165, 1.54) is 0 Å². The summed E-state index contributed by atoms with van der Waals surface area (Å²) in [7, 11) is 0. The Morgan fingerprint density at radius 3 is 1.78 bits per heavy atom. The lowest BCUT2D eigenvalue weighted by atomic mass is 10.00. The zero-order valence-electron chi connectivity index (χ0n) is 18.1. The van der Waals surface area contributed by atoms with Crippen molar-refractivity contribution in [1.29, 1.82) is 0 Å². The molecule has 0 saturated carbocycles. The molecule has 3 aromatic carbocycles. The quantitative estimate of drug-likeness (QED) is 0.355. The molecule has 3 aromatic rings. The Bertz CT molecular complexity index is 1040. The van der Waals surface area contributed by atoms with Crippen LogP contribution in [0.5, 0.6) is 0 Å². The van der Waals surface area contributed by atoms with E-state index in [-0.39, 0.29) is 0 Å². The minimum absolute atomic E-state index is 0.421. The SMILES string of the molecule is CC(C)(C)OC(=O)[C@H](Cc1c(F)cc(F)cc1F)N=C(c1ccccc1)c1ccccc1. The fraction of sp³-hybridized carbons (Fsp3) is 0.231. The van der Waals surface area contributed by atoms with E-state index in [1.807, 2.05) is 60.7 Å². The Kier molecular flexibility index (Phi) is 7.13. The third-order valence-electron chi connectivity index (χ3n) is 4.56. The van der Waals surface area contributed by atoms with E-state index in [0.29, 0.717) is 17.8 Å². The summed E-state index contributed by atoms with van der Waals surface area (Å²) in [6, 6.07) is 18.3. The molecule has 0 heterocycles. The smallest absolute Gasteiger partial charge is 0.331 e. The average Bonchev–Trinajstić information content (AvgIpc) is 2.72. The van der Waals surface area contributed by atoms with Gasteiger partial charge in [0.05, 0.1) is 5.71 Å². The summed E-state index contributed by atoms with van der Waals surface area (Å²) in [5.74, 6) is -3.92. The lowest BCUT2D eigenvalue weighted by Crippen LogP contribution is -2.33. The van der Waals surface area contributed by atoms with Crippen LogP contribution < -0.4 is 0 Å². The lowest BCUT2D eigenvalue weighted by molar-refractivity contribution is -0.156. The molecular formula is C26H24F3NO2. The monoisotopic (exact) mass is 439 g/mol. The van der Waals surface area contributed by atoms with Gasteiger partial charge in [0.1, 0.15) is 23.1 Å². The minimum atomic E-state index is -1.25. The Balaban J connectivity index is 2.12. The third kappa shape index (κ3) is 6.06. The zero-order valence-corrected chi connectivity index (χ0v) is 18.1. The molecule has 0 bridgehead atoms. The van der Waals surface area contributed by atoms with E-state index in [2.05, 4.69) is 4.99 Å². The topological polar surface area (TPSA) is 38.7 Å². The summed E-state index contributed by atoms with van der Waals surface area (Å²) in [5, 5.41) is 0. The van der Waals surface area contributed by atoms with Gasteiger partial charge in [0.2, 0.25) is 0 Å². The number of carbonyl (C=O) groups excluding carboxylic acids is 1. The molecule has 1 atom stereocenters. The highest BCUT2D eigenvalue weighted by molar-refractivity contribution is 6.13.